The molecule has 2 heterocycles. The van der Waals surface area contributed by atoms with E-state index in [1.807, 2.05) is 17.5 Å². The van der Waals surface area contributed by atoms with Crippen molar-refractivity contribution >= 4 is 17.2 Å². The smallest absolute Gasteiger partial charge is 0.226 e. The number of hydrogen-bond acceptors (Lipinski definition) is 5. The lowest BCUT2D eigenvalue weighted by atomic mass is 10.1. The van der Waals surface area contributed by atoms with Crippen LogP contribution in [0.15, 0.2) is 22.0 Å². The molecule has 23 heavy (non-hydrogen) atoms. The summed E-state index contributed by atoms with van der Waals surface area (Å²) in [6.45, 7) is 0. The monoisotopic (exact) mass is 331 g/mol. The van der Waals surface area contributed by atoms with Gasteiger partial charge in [0.05, 0.1) is 4.88 Å². The molecular weight excluding hydrogens is 310 g/mol. The summed E-state index contributed by atoms with van der Waals surface area (Å²) in [5.74, 6) is 2.92. The van der Waals surface area contributed by atoms with Gasteiger partial charge in [0.2, 0.25) is 17.6 Å². The molecule has 0 aliphatic heterocycles. The van der Waals surface area contributed by atoms with Crippen LogP contribution in [0.5, 0.6) is 0 Å². The van der Waals surface area contributed by atoms with Gasteiger partial charge in [0.1, 0.15) is 0 Å². The summed E-state index contributed by atoms with van der Waals surface area (Å²) in [5, 5.41) is 9.23. The number of rotatable bonds is 8. The van der Waals surface area contributed by atoms with Crippen LogP contribution in [0.2, 0.25) is 0 Å². The third-order valence-corrected chi connectivity index (χ3v) is 5.46. The van der Waals surface area contributed by atoms with E-state index in [1.165, 1.54) is 25.7 Å². The van der Waals surface area contributed by atoms with Crippen molar-refractivity contribution in [2.24, 2.45) is 11.8 Å². The van der Waals surface area contributed by atoms with Gasteiger partial charge in [-0.2, -0.15) is 4.98 Å². The van der Waals surface area contributed by atoms with Crippen LogP contribution in [-0.2, 0) is 11.2 Å². The molecule has 2 aliphatic carbocycles. The number of hydrogen-bond donors (Lipinski definition) is 1. The van der Waals surface area contributed by atoms with Crippen LogP contribution in [0.4, 0.5) is 0 Å². The summed E-state index contributed by atoms with van der Waals surface area (Å²) in [6, 6.07) is 4.38. The summed E-state index contributed by atoms with van der Waals surface area (Å²) in [7, 11) is 0. The van der Waals surface area contributed by atoms with Gasteiger partial charge in [-0.15, -0.1) is 11.3 Å². The number of thiophene rings is 1. The molecule has 4 rings (SSSR count). The van der Waals surface area contributed by atoms with Crippen molar-refractivity contribution < 1.29 is 9.32 Å². The summed E-state index contributed by atoms with van der Waals surface area (Å²) >= 11 is 1.59. The van der Waals surface area contributed by atoms with Crippen molar-refractivity contribution in [1.82, 2.24) is 15.5 Å². The van der Waals surface area contributed by atoms with E-state index in [0.29, 0.717) is 30.6 Å². The first-order valence-corrected chi connectivity index (χ1v) is 9.33. The highest BCUT2D eigenvalue weighted by Crippen LogP contribution is 2.44. The highest BCUT2D eigenvalue weighted by atomic mass is 32.1. The third-order valence-electron chi connectivity index (χ3n) is 4.59. The Balaban J connectivity index is 1.23. The van der Waals surface area contributed by atoms with E-state index in [4.69, 9.17) is 4.52 Å². The van der Waals surface area contributed by atoms with Crippen LogP contribution in [0.25, 0.3) is 10.7 Å². The summed E-state index contributed by atoms with van der Waals surface area (Å²) in [4.78, 5) is 17.5. The predicted molar refractivity (Wildman–Crippen MR) is 87.9 cm³/mol. The molecular formula is C17H21N3O2S. The van der Waals surface area contributed by atoms with Gasteiger partial charge in [-0.05, 0) is 55.4 Å². The molecule has 2 fully saturated rings. The van der Waals surface area contributed by atoms with Gasteiger partial charge in [0, 0.05) is 18.9 Å². The number of carbonyl (C=O) groups is 1. The minimum Gasteiger partial charge on any atom is -0.353 e. The zero-order valence-electron chi connectivity index (χ0n) is 13.0. The molecule has 0 radical (unpaired) electrons. The first-order valence-electron chi connectivity index (χ1n) is 8.45. The Morgan fingerprint density at radius 1 is 1.35 bits per heavy atom. The normalized spacial score (nSPS) is 17.6. The maximum atomic E-state index is 12.1. The molecule has 6 heteroatoms. The molecule has 1 N–H and O–H groups in total. The summed E-state index contributed by atoms with van der Waals surface area (Å²) in [5.41, 5.74) is 0. The van der Waals surface area contributed by atoms with Gasteiger partial charge in [-0.1, -0.05) is 11.2 Å². The van der Waals surface area contributed by atoms with E-state index in [9.17, 15) is 4.79 Å². The largest absolute Gasteiger partial charge is 0.353 e. The fourth-order valence-electron chi connectivity index (χ4n) is 3.05. The Morgan fingerprint density at radius 3 is 2.78 bits per heavy atom. The van der Waals surface area contributed by atoms with Gasteiger partial charge in [0.15, 0.2) is 0 Å². The molecule has 2 aromatic heterocycles. The van der Waals surface area contributed by atoms with Crippen molar-refractivity contribution in [3.8, 4) is 10.7 Å². The van der Waals surface area contributed by atoms with Gasteiger partial charge >= 0.3 is 0 Å². The standard InChI is InChI=1S/C17H21N3O2S/c21-14(18-16(11-6-7-11)12-8-9-12)4-1-5-15-19-17(20-22-15)13-3-2-10-23-13/h2-3,10-12,16H,1,4-9H2,(H,18,21). The van der Waals surface area contributed by atoms with Gasteiger partial charge in [-0.25, -0.2) is 0 Å². The van der Waals surface area contributed by atoms with E-state index in [1.54, 1.807) is 11.3 Å². The Kier molecular flexibility index (Phi) is 4.16. The quantitative estimate of drug-likeness (QED) is 0.805. The molecule has 5 nitrogen and oxygen atoms in total. The molecule has 0 bridgehead atoms. The van der Waals surface area contributed by atoms with Crippen molar-refractivity contribution in [3.05, 3.63) is 23.4 Å². The van der Waals surface area contributed by atoms with Gasteiger partial charge in [-0.3, -0.25) is 4.79 Å². The van der Waals surface area contributed by atoms with Crippen LogP contribution in [0.1, 0.15) is 44.4 Å². The number of nitrogens with one attached hydrogen (secondary N) is 1. The highest BCUT2D eigenvalue weighted by Gasteiger charge is 2.42. The van der Waals surface area contributed by atoms with Crippen LogP contribution >= 0.6 is 11.3 Å². The first-order chi connectivity index (χ1) is 11.3. The number of nitrogens with zero attached hydrogens (tertiary/aromatic N) is 2. The molecule has 0 aromatic carbocycles. The minimum atomic E-state index is 0.173. The van der Waals surface area contributed by atoms with E-state index < -0.39 is 0 Å². The maximum Gasteiger partial charge on any atom is 0.226 e. The second kappa shape index (κ2) is 6.43. The molecule has 0 saturated heterocycles. The van der Waals surface area contributed by atoms with Crippen LogP contribution in [0, 0.1) is 11.8 Å². The maximum absolute atomic E-state index is 12.1. The Morgan fingerprint density at radius 2 is 2.13 bits per heavy atom. The van der Waals surface area contributed by atoms with Crippen molar-refractivity contribution in [2.45, 2.75) is 51.0 Å². The second-order valence-electron chi connectivity index (χ2n) is 6.61. The zero-order chi connectivity index (χ0) is 15.6. The molecule has 0 unspecified atom stereocenters. The molecule has 2 saturated carbocycles. The fraction of sp³-hybridized carbons (Fsp3) is 0.588. The van der Waals surface area contributed by atoms with E-state index in [0.717, 1.165) is 23.1 Å². The molecule has 122 valence electrons. The Hall–Kier alpha value is -1.69. The van der Waals surface area contributed by atoms with Crippen LogP contribution in [-0.4, -0.2) is 22.1 Å². The molecule has 2 aliphatic rings. The Labute approximate surface area is 139 Å². The zero-order valence-corrected chi connectivity index (χ0v) is 13.8. The van der Waals surface area contributed by atoms with Crippen LogP contribution in [0.3, 0.4) is 0 Å². The second-order valence-corrected chi connectivity index (χ2v) is 7.56. The van der Waals surface area contributed by atoms with E-state index >= 15 is 0 Å². The number of aryl methyl sites for hydroxylation is 1. The summed E-state index contributed by atoms with van der Waals surface area (Å²) < 4.78 is 5.26. The molecule has 0 atom stereocenters. The number of amides is 1. The topological polar surface area (TPSA) is 68.0 Å². The minimum absolute atomic E-state index is 0.173. The third kappa shape index (κ3) is 3.80. The number of aromatic nitrogens is 2. The molecule has 2 aromatic rings. The lowest BCUT2D eigenvalue weighted by Crippen LogP contribution is -2.37. The molecule has 1 amide bonds. The van der Waals surface area contributed by atoms with Crippen LogP contribution < -0.4 is 5.32 Å². The number of carbonyl (C=O) groups excluding carboxylic acids is 1. The highest BCUT2D eigenvalue weighted by molar-refractivity contribution is 7.13. The van der Waals surface area contributed by atoms with E-state index in [2.05, 4.69) is 15.5 Å². The van der Waals surface area contributed by atoms with Crippen molar-refractivity contribution in [1.29, 1.82) is 0 Å². The van der Waals surface area contributed by atoms with Crippen molar-refractivity contribution in [2.75, 3.05) is 0 Å². The lowest BCUT2D eigenvalue weighted by Gasteiger charge is -2.17. The average Bonchev–Trinajstić information content (AvgIpc) is 3.46. The first kappa shape index (κ1) is 14.9. The lowest BCUT2D eigenvalue weighted by molar-refractivity contribution is -0.122. The predicted octanol–water partition coefficient (Wildman–Crippen LogP) is 3.43. The van der Waals surface area contributed by atoms with E-state index in [-0.39, 0.29) is 5.91 Å². The Bertz CT molecular complexity index is 647. The summed E-state index contributed by atoms with van der Waals surface area (Å²) in [6.07, 6.45) is 7.09. The van der Waals surface area contributed by atoms with Gasteiger partial charge in [0.25, 0.3) is 0 Å². The average molecular weight is 331 g/mol. The fourth-order valence-corrected chi connectivity index (χ4v) is 3.70. The van der Waals surface area contributed by atoms with Crippen molar-refractivity contribution in [3.63, 3.8) is 0 Å². The molecule has 0 spiro atoms. The van der Waals surface area contributed by atoms with Gasteiger partial charge < -0.3 is 9.84 Å². The SMILES string of the molecule is O=C(CCCc1nc(-c2cccs2)no1)NC(C1CC1)C1CC1.